The van der Waals surface area contributed by atoms with E-state index in [0.717, 1.165) is 6.42 Å². The van der Waals surface area contributed by atoms with Crippen LogP contribution in [0, 0.1) is 5.92 Å². The second-order valence-electron chi connectivity index (χ2n) is 3.02. The predicted molar refractivity (Wildman–Crippen MR) is 40.1 cm³/mol. The van der Waals surface area contributed by atoms with Crippen molar-refractivity contribution in [2.45, 2.75) is 32.5 Å². The fourth-order valence-electron chi connectivity index (χ4n) is 1.51. The Balaban J connectivity index is 2.52. The van der Waals surface area contributed by atoms with Gasteiger partial charge in [0.25, 0.3) is 0 Å². The molecule has 0 saturated carbocycles. The Morgan fingerprint density at radius 1 is 1.55 bits per heavy atom. The minimum absolute atomic E-state index is 0.0115. The molecule has 1 rings (SSSR count). The lowest BCUT2D eigenvalue weighted by Gasteiger charge is -2.09. The molecule has 1 fully saturated rings. The van der Waals surface area contributed by atoms with Crippen LogP contribution in [0.15, 0.2) is 0 Å². The second-order valence-corrected chi connectivity index (χ2v) is 3.02. The monoisotopic (exact) mass is 158 g/mol. The lowest BCUT2D eigenvalue weighted by Crippen LogP contribution is -2.22. The zero-order valence-corrected chi connectivity index (χ0v) is 7.16. The Hall–Kier alpha value is -0.570. The number of carbonyl (C=O) groups excluding carboxylic acids is 1. The zero-order valence-electron chi connectivity index (χ0n) is 7.16. The summed E-state index contributed by atoms with van der Waals surface area (Å²) < 4.78 is 10.0. The smallest absolute Gasteiger partial charge is 0.311 e. The summed E-state index contributed by atoms with van der Waals surface area (Å²) in [7, 11) is 1.41. The zero-order chi connectivity index (χ0) is 8.43. The van der Waals surface area contributed by atoms with Gasteiger partial charge >= 0.3 is 5.97 Å². The molecule has 1 heterocycles. The van der Waals surface area contributed by atoms with Crippen LogP contribution in [0.25, 0.3) is 0 Å². The van der Waals surface area contributed by atoms with Gasteiger partial charge in [0.1, 0.15) is 0 Å². The summed E-state index contributed by atoms with van der Waals surface area (Å²) in [5.74, 6) is -0.211. The van der Waals surface area contributed by atoms with Crippen LogP contribution in [0.3, 0.4) is 0 Å². The van der Waals surface area contributed by atoms with Gasteiger partial charge in [-0.2, -0.15) is 0 Å². The fourth-order valence-corrected chi connectivity index (χ4v) is 1.51. The van der Waals surface area contributed by atoms with Crippen molar-refractivity contribution >= 4 is 5.97 Å². The summed E-state index contributed by atoms with van der Waals surface area (Å²) in [6.07, 6.45) is 0.986. The first kappa shape index (κ1) is 8.53. The minimum Gasteiger partial charge on any atom is -0.469 e. The van der Waals surface area contributed by atoms with Gasteiger partial charge in [0.15, 0.2) is 0 Å². The Bertz CT molecular complexity index is 155. The summed E-state index contributed by atoms with van der Waals surface area (Å²) in [6, 6.07) is 0. The Labute approximate surface area is 66.7 Å². The summed E-state index contributed by atoms with van der Waals surface area (Å²) in [5, 5.41) is 0. The lowest BCUT2D eigenvalue weighted by atomic mass is 10.0. The van der Waals surface area contributed by atoms with Crippen LogP contribution in [0.4, 0.5) is 0 Å². The van der Waals surface area contributed by atoms with Crippen LogP contribution < -0.4 is 0 Å². The molecule has 3 unspecified atom stereocenters. The third-order valence-corrected chi connectivity index (χ3v) is 2.10. The van der Waals surface area contributed by atoms with Crippen LogP contribution in [0.1, 0.15) is 20.3 Å². The average Bonchev–Trinajstić information content (AvgIpc) is 2.28. The Morgan fingerprint density at radius 3 is 2.55 bits per heavy atom. The first-order valence-corrected chi connectivity index (χ1v) is 3.88. The maximum atomic E-state index is 11.1. The molecule has 3 nitrogen and oxygen atoms in total. The van der Waals surface area contributed by atoms with E-state index in [2.05, 4.69) is 4.74 Å². The maximum absolute atomic E-state index is 11.1. The highest BCUT2D eigenvalue weighted by Gasteiger charge is 2.35. The number of hydrogen-bond acceptors (Lipinski definition) is 3. The first-order valence-electron chi connectivity index (χ1n) is 3.88. The number of methoxy groups -OCH3 is 1. The van der Waals surface area contributed by atoms with Crippen molar-refractivity contribution < 1.29 is 14.3 Å². The largest absolute Gasteiger partial charge is 0.469 e. The van der Waals surface area contributed by atoms with Crippen molar-refractivity contribution in [2.24, 2.45) is 5.92 Å². The third-order valence-electron chi connectivity index (χ3n) is 2.10. The van der Waals surface area contributed by atoms with Crippen molar-refractivity contribution in [3.05, 3.63) is 0 Å². The van der Waals surface area contributed by atoms with E-state index < -0.39 is 0 Å². The highest BCUT2D eigenvalue weighted by molar-refractivity contribution is 5.73. The average molecular weight is 158 g/mol. The van der Waals surface area contributed by atoms with E-state index in [1.165, 1.54) is 7.11 Å². The normalized spacial score (nSPS) is 37.2. The van der Waals surface area contributed by atoms with E-state index in [-0.39, 0.29) is 24.1 Å². The highest BCUT2D eigenvalue weighted by Crippen LogP contribution is 2.26. The van der Waals surface area contributed by atoms with E-state index in [1.807, 2.05) is 13.8 Å². The molecule has 1 aliphatic rings. The molecule has 0 aromatic rings. The van der Waals surface area contributed by atoms with E-state index in [4.69, 9.17) is 4.74 Å². The second kappa shape index (κ2) is 3.22. The summed E-state index contributed by atoms with van der Waals surface area (Å²) in [6.45, 7) is 3.88. The van der Waals surface area contributed by atoms with E-state index in [0.29, 0.717) is 0 Å². The molecule has 3 heteroatoms. The van der Waals surface area contributed by atoms with Crippen molar-refractivity contribution in [3.63, 3.8) is 0 Å². The summed E-state index contributed by atoms with van der Waals surface area (Å²) >= 11 is 0. The van der Waals surface area contributed by atoms with Crippen molar-refractivity contribution in [1.82, 2.24) is 0 Å². The van der Waals surface area contributed by atoms with Gasteiger partial charge in [0.05, 0.1) is 25.2 Å². The molecule has 0 spiro atoms. The van der Waals surface area contributed by atoms with Crippen LogP contribution in [-0.2, 0) is 14.3 Å². The van der Waals surface area contributed by atoms with Gasteiger partial charge in [-0.05, 0) is 20.3 Å². The molecule has 0 bridgehead atoms. The number of hydrogen-bond donors (Lipinski definition) is 0. The van der Waals surface area contributed by atoms with Gasteiger partial charge < -0.3 is 9.47 Å². The van der Waals surface area contributed by atoms with Crippen molar-refractivity contribution in [2.75, 3.05) is 7.11 Å². The highest BCUT2D eigenvalue weighted by atomic mass is 16.5. The molecular weight excluding hydrogens is 144 g/mol. The summed E-state index contributed by atoms with van der Waals surface area (Å²) in [4.78, 5) is 11.1. The predicted octanol–water partition coefficient (Wildman–Crippen LogP) is 0.973. The van der Waals surface area contributed by atoms with Crippen LogP contribution >= 0.6 is 0 Å². The van der Waals surface area contributed by atoms with Gasteiger partial charge in [-0.25, -0.2) is 0 Å². The molecule has 0 aliphatic carbocycles. The van der Waals surface area contributed by atoms with Gasteiger partial charge in [0.2, 0.25) is 0 Å². The van der Waals surface area contributed by atoms with E-state index >= 15 is 0 Å². The van der Waals surface area contributed by atoms with E-state index in [9.17, 15) is 4.79 Å². The molecule has 3 atom stereocenters. The lowest BCUT2D eigenvalue weighted by molar-refractivity contribution is -0.146. The SMILES string of the molecule is COC(=O)C1CC(C)OC1C. The quantitative estimate of drug-likeness (QED) is 0.533. The molecule has 0 aromatic heterocycles. The third kappa shape index (κ3) is 1.71. The Kier molecular flexibility index (Phi) is 2.49. The number of ether oxygens (including phenoxy) is 2. The first-order chi connectivity index (χ1) is 5.15. The van der Waals surface area contributed by atoms with Gasteiger partial charge in [-0.1, -0.05) is 0 Å². The number of esters is 1. The van der Waals surface area contributed by atoms with Gasteiger partial charge in [0, 0.05) is 0 Å². The van der Waals surface area contributed by atoms with Crippen LogP contribution in [-0.4, -0.2) is 25.3 Å². The Morgan fingerprint density at radius 2 is 2.18 bits per heavy atom. The molecular formula is C8H14O3. The van der Waals surface area contributed by atoms with Crippen LogP contribution in [0.2, 0.25) is 0 Å². The standard InChI is InChI=1S/C8H14O3/c1-5-4-7(6(2)11-5)8(9)10-3/h5-7H,4H2,1-3H3. The maximum Gasteiger partial charge on any atom is 0.311 e. The van der Waals surface area contributed by atoms with Crippen molar-refractivity contribution in [1.29, 1.82) is 0 Å². The number of carbonyl (C=O) groups is 1. The molecule has 0 aromatic carbocycles. The molecule has 1 saturated heterocycles. The van der Waals surface area contributed by atoms with Crippen LogP contribution in [0.5, 0.6) is 0 Å². The van der Waals surface area contributed by atoms with Crippen molar-refractivity contribution in [3.8, 4) is 0 Å². The number of rotatable bonds is 1. The molecule has 0 amide bonds. The fraction of sp³-hybridized carbons (Fsp3) is 0.875. The van der Waals surface area contributed by atoms with E-state index in [1.54, 1.807) is 0 Å². The molecule has 1 aliphatic heterocycles. The topological polar surface area (TPSA) is 35.5 Å². The molecule has 0 radical (unpaired) electrons. The molecule has 0 N–H and O–H groups in total. The molecule has 64 valence electrons. The minimum atomic E-state index is -0.151. The van der Waals surface area contributed by atoms with Gasteiger partial charge in [-0.3, -0.25) is 4.79 Å². The van der Waals surface area contributed by atoms with Gasteiger partial charge in [-0.15, -0.1) is 0 Å². The summed E-state index contributed by atoms with van der Waals surface area (Å²) in [5.41, 5.74) is 0. The molecule has 11 heavy (non-hydrogen) atoms.